The molecule has 23 heavy (non-hydrogen) atoms. The summed E-state index contributed by atoms with van der Waals surface area (Å²) in [6, 6.07) is 8.30. The summed E-state index contributed by atoms with van der Waals surface area (Å²) in [5.41, 5.74) is 1.29. The van der Waals surface area contributed by atoms with Gasteiger partial charge >= 0.3 is 0 Å². The first-order valence-corrected chi connectivity index (χ1v) is 8.82. The molecule has 1 fully saturated rings. The van der Waals surface area contributed by atoms with E-state index in [2.05, 4.69) is 74.6 Å². The normalized spacial score (nSPS) is 17.1. The molecular weight excluding hydrogens is 356 g/mol. The van der Waals surface area contributed by atoms with Crippen LogP contribution in [0.5, 0.6) is 0 Å². The van der Waals surface area contributed by atoms with Gasteiger partial charge in [0.2, 0.25) is 0 Å². The summed E-state index contributed by atoms with van der Waals surface area (Å²) in [6.07, 6.45) is 0. The lowest BCUT2D eigenvalue weighted by Gasteiger charge is -2.41. The molecule has 5 nitrogen and oxygen atoms in total. The first-order chi connectivity index (χ1) is 11.0. The van der Waals surface area contributed by atoms with Gasteiger partial charge in [0.05, 0.1) is 13.2 Å². The number of benzene rings is 1. The SMILES string of the molecule is CN=C(NCc1ccc(Br)cc1)NCC(C)(C)N1CCOCC1. The second-order valence-corrected chi connectivity index (χ2v) is 7.23. The minimum Gasteiger partial charge on any atom is -0.379 e. The van der Waals surface area contributed by atoms with Crippen molar-refractivity contribution >= 4 is 21.9 Å². The highest BCUT2D eigenvalue weighted by Crippen LogP contribution is 2.15. The van der Waals surface area contributed by atoms with Crippen LogP contribution in [0.1, 0.15) is 19.4 Å². The van der Waals surface area contributed by atoms with Crippen LogP contribution in [0.25, 0.3) is 0 Å². The number of nitrogens with one attached hydrogen (secondary N) is 2. The molecule has 0 bridgehead atoms. The van der Waals surface area contributed by atoms with E-state index in [9.17, 15) is 0 Å². The molecule has 0 unspecified atom stereocenters. The molecule has 2 N–H and O–H groups in total. The number of rotatable bonds is 5. The summed E-state index contributed by atoms with van der Waals surface area (Å²) in [7, 11) is 1.80. The fraction of sp³-hybridized carbons (Fsp3) is 0.588. The van der Waals surface area contributed by atoms with E-state index in [0.717, 1.165) is 49.8 Å². The Morgan fingerprint density at radius 3 is 2.48 bits per heavy atom. The largest absolute Gasteiger partial charge is 0.379 e. The number of hydrogen-bond acceptors (Lipinski definition) is 3. The van der Waals surface area contributed by atoms with Gasteiger partial charge in [0.1, 0.15) is 0 Å². The second kappa shape index (κ2) is 8.66. The molecule has 0 amide bonds. The molecule has 6 heteroatoms. The zero-order valence-corrected chi connectivity index (χ0v) is 15.8. The molecule has 1 saturated heterocycles. The highest BCUT2D eigenvalue weighted by molar-refractivity contribution is 9.10. The van der Waals surface area contributed by atoms with Crippen molar-refractivity contribution in [3.8, 4) is 0 Å². The average molecular weight is 383 g/mol. The molecule has 0 saturated carbocycles. The van der Waals surface area contributed by atoms with Crippen LogP contribution < -0.4 is 10.6 Å². The van der Waals surface area contributed by atoms with Gasteiger partial charge in [-0.05, 0) is 31.5 Å². The van der Waals surface area contributed by atoms with Gasteiger partial charge in [0.25, 0.3) is 0 Å². The van der Waals surface area contributed by atoms with Crippen molar-refractivity contribution in [2.24, 2.45) is 4.99 Å². The van der Waals surface area contributed by atoms with Gasteiger partial charge in [-0.3, -0.25) is 9.89 Å². The molecule has 0 aliphatic carbocycles. The average Bonchev–Trinajstić information content (AvgIpc) is 2.57. The van der Waals surface area contributed by atoms with Gasteiger partial charge < -0.3 is 15.4 Å². The van der Waals surface area contributed by atoms with Crippen molar-refractivity contribution in [2.75, 3.05) is 39.9 Å². The lowest BCUT2D eigenvalue weighted by Crippen LogP contribution is -2.56. The number of hydrogen-bond donors (Lipinski definition) is 2. The third-order valence-electron chi connectivity index (χ3n) is 4.15. The Hall–Kier alpha value is -1.11. The van der Waals surface area contributed by atoms with Crippen LogP contribution in [0.4, 0.5) is 0 Å². The predicted octanol–water partition coefficient (Wildman–Crippen LogP) is 2.22. The van der Waals surface area contributed by atoms with E-state index in [1.165, 1.54) is 5.56 Å². The van der Waals surface area contributed by atoms with Crippen LogP contribution in [-0.4, -0.2) is 56.3 Å². The van der Waals surface area contributed by atoms with Crippen molar-refractivity contribution in [2.45, 2.75) is 25.9 Å². The highest BCUT2D eigenvalue weighted by atomic mass is 79.9. The van der Waals surface area contributed by atoms with Gasteiger partial charge in [-0.25, -0.2) is 0 Å². The van der Waals surface area contributed by atoms with Gasteiger partial charge in [0, 0.05) is 43.2 Å². The first-order valence-electron chi connectivity index (χ1n) is 8.03. The molecule has 0 radical (unpaired) electrons. The molecule has 0 spiro atoms. The Bertz CT molecular complexity index is 510. The molecule has 1 aromatic carbocycles. The maximum Gasteiger partial charge on any atom is 0.191 e. The van der Waals surface area contributed by atoms with E-state index < -0.39 is 0 Å². The Kier molecular flexibility index (Phi) is 6.87. The third kappa shape index (κ3) is 5.79. The summed E-state index contributed by atoms with van der Waals surface area (Å²) in [5.74, 6) is 0.828. The maximum absolute atomic E-state index is 5.44. The molecule has 1 aromatic rings. The number of guanidine groups is 1. The summed E-state index contributed by atoms with van der Waals surface area (Å²) >= 11 is 3.45. The van der Waals surface area contributed by atoms with E-state index in [-0.39, 0.29) is 5.54 Å². The summed E-state index contributed by atoms with van der Waals surface area (Å²) in [5, 5.41) is 6.80. The quantitative estimate of drug-likeness (QED) is 0.605. The van der Waals surface area contributed by atoms with E-state index in [1.54, 1.807) is 7.05 Å². The topological polar surface area (TPSA) is 48.9 Å². The Labute approximate surface area is 147 Å². The maximum atomic E-state index is 5.44. The fourth-order valence-electron chi connectivity index (χ4n) is 2.59. The highest BCUT2D eigenvalue weighted by Gasteiger charge is 2.28. The molecule has 0 atom stereocenters. The van der Waals surface area contributed by atoms with E-state index in [0.29, 0.717) is 0 Å². The van der Waals surface area contributed by atoms with Crippen LogP contribution in [-0.2, 0) is 11.3 Å². The monoisotopic (exact) mass is 382 g/mol. The number of nitrogens with zero attached hydrogens (tertiary/aromatic N) is 2. The van der Waals surface area contributed by atoms with E-state index in [4.69, 9.17) is 4.74 Å². The van der Waals surface area contributed by atoms with Crippen LogP contribution in [0.3, 0.4) is 0 Å². The number of aliphatic imine (C=N–C) groups is 1. The lowest BCUT2D eigenvalue weighted by atomic mass is 10.0. The molecule has 2 rings (SSSR count). The summed E-state index contributed by atoms with van der Waals surface area (Å²) in [4.78, 5) is 6.77. The molecule has 128 valence electrons. The fourth-order valence-corrected chi connectivity index (χ4v) is 2.85. The zero-order valence-electron chi connectivity index (χ0n) is 14.2. The van der Waals surface area contributed by atoms with Crippen molar-refractivity contribution in [3.63, 3.8) is 0 Å². The van der Waals surface area contributed by atoms with Gasteiger partial charge in [-0.15, -0.1) is 0 Å². The molecule has 1 aliphatic heterocycles. The van der Waals surface area contributed by atoms with Crippen LogP contribution in [0, 0.1) is 0 Å². The van der Waals surface area contributed by atoms with Crippen molar-refractivity contribution in [3.05, 3.63) is 34.3 Å². The van der Waals surface area contributed by atoms with Crippen molar-refractivity contribution in [1.82, 2.24) is 15.5 Å². The summed E-state index contributed by atoms with van der Waals surface area (Å²) < 4.78 is 6.53. The molecule has 1 heterocycles. The third-order valence-corrected chi connectivity index (χ3v) is 4.68. The van der Waals surface area contributed by atoms with E-state index >= 15 is 0 Å². The number of halogens is 1. The predicted molar refractivity (Wildman–Crippen MR) is 98.8 cm³/mol. The second-order valence-electron chi connectivity index (χ2n) is 6.32. The van der Waals surface area contributed by atoms with Crippen LogP contribution in [0.15, 0.2) is 33.7 Å². The molecule has 1 aliphatic rings. The molecule has 0 aromatic heterocycles. The van der Waals surface area contributed by atoms with Crippen LogP contribution >= 0.6 is 15.9 Å². The lowest BCUT2D eigenvalue weighted by molar-refractivity contribution is -0.00834. The Morgan fingerprint density at radius 1 is 1.22 bits per heavy atom. The number of ether oxygens (including phenoxy) is 1. The smallest absolute Gasteiger partial charge is 0.191 e. The Morgan fingerprint density at radius 2 is 1.87 bits per heavy atom. The minimum absolute atomic E-state index is 0.0685. The molecular formula is C17H27BrN4O. The zero-order chi connectivity index (χ0) is 16.7. The van der Waals surface area contributed by atoms with Gasteiger partial charge in [-0.1, -0.05) is 28.1 Å². The minimum atomic E-state index is 0.0685. The van der Waals surface area contributed by atoms with Crippen molar-refractivity contribution < 1.29 is 4.74 Å². The van der Waals surface area contributed by atoms with Gasteiger partial charge in [0.15, 0.2) is 5.96 Å². The standard InChI is InChI=1S/C17H27BrN4O/c1-17(2,22-8-10-23-11-9-22)13-21-16(19-3)20-12-14-4-6-15(18)7-5-14/h4-7H,8-13H2,1-3H3,(H2,19,20,21). The van der Waals surface area contributed by atoms with Crippen molar-refractivity contribution in [1.29, 1.82) is 0 Å². The first kappa shape index (κ1) is 18.2. The van der Waals surface area contributed by atoms with E-state index in [1.807, 2.05) is 0 Å². The Balaban J connectivity index is 1.81. The summed E-state index contributed by atoms with van der Waals surface area (Å²) in [6.45, 7) is 9.72. The van der Waals surface area contributed by atoms with Crippen LogP contribution in [0.2, 0.25) is 0 Å². The van der Waals surface area contributed by atoms with Gasteiger partial charge in [-0.2, -0.15) is 0 Å². The number of morpholine rings is 1.